The van der Waals surface area contributed by atoms with Crippen molar-refractivity contribution in [1.82, 2.24) is 16.0 Å². The molecule has 1 aliphatic rings. The Balaban J connectivity index is 0.000000388. The number of hydrogen-bond acceptors (Lipinski definition) is 4. The molecule has 1 fully saturated rings. The molecule has 1 saturated heterocycles. The van der Waals surface area contributed by atoms with Crippen molar-refractivity contribution in [2.24, 2.45) is 0 Å². The highest BCUT2D eigenvalue weighted by molar-refractivity contribution is 14.1. The second-order valence-corrected chi connectivity index (χ2v) is 4.08. The van der Waals surface area contributed by atoms with E-state index < -0.39 is 12.1 Å². The topological polar surface area (TPSA) is 96.5 Å². The number of rotatable bonds is 3. The van der Waals surface area contributed by atoms with Crippen LogP contribution in [-0.2, 0) is 9.53 Å². The number of ether oxygens (including phenoxy) is 1. The van der Waals surface area contributed by atoms with Crippen molar-refractivity contribution in [2.45, 2.75) is 19.8 Å². The van der Waals surface area contributed by atoms with E-state index in [2.05, 4.69) is 56.9 Å². The van der Waals surface area contributed by atoms with E-state index in [-0.39, 0.29) is 12.5 Å². The van der Waals surface area contributed by atoms with Crippen LogP contribution >= 0.6 is 22.6 Å². The largest absolute Gasteiger partial charge is 0.421 e. The Labute approximate surface area is 125 Å². The monoisotopic (exact) mass is 381 g/mol. The SMILES string of the molecule is CCCCNC(=O)OC#CCI.O=C1CNC(=O)N1. The number of halogens is 1. The number of carbonyl (C=O) groups excluding carboxylic acids is 3. The Morgan fingerprint density at radius 2 is 2.26 bits per heavy atom. The quantitative estimate of drug-likeness (QED) is 0.221. The second-order valence-electron chi connectivity index (χ2n) is 3.31. The van der Waals surface area contributed by atoms with E-state index in [0.717, 1.165) is 12.8 Å². The molecular formula is C11H16IN3O4. The lowest BCUT2D eigenvalue weighted by molar-refractivity contribution is -0.117. The Kier molecular flexibility index (Phi) is 10.7. The Morgan fingerprint density at radius 3 is 2.68 bits per heavy atom. The Hall–Kier alpha value is -1.50. The maximum absolute atomic E-state index is 10.8. The van der Waals surface area contributed by atoms with E-state index in [9.17, 15) is 14.4 Å². The fraction of sp³-hybridized carbons (Fsp3) is 0.545. The summed E-state index contributed by atoms with van der Waals surface area (Å²) in [6.07, 6.45) is 3.86. The average molecular weight is 381 g/mol. The van der Waals surface area contributed by atoms with Gasteiger partial charge in [0.2, 0.25) is 5.91 Å². The van der Waals surface area contributed by atoms with Gasteiger partial charge in [-0.25, -0.2) is 9.59 Å². The first-order chi connectivity index (χ1) is 9.10. The third kappa shape index (κ3) is 11.3. The van der Waals surface area contributed by atoms with Crippen LogP contribution in [-0.4, -0.2) is 35.5 Å². The lowest BCUT2D eigenvalue weighted by Crippen LogP contribution is -2.23. The van der Waals surface area contributed by atoms with E-state index in [1.807, 2.05) is 5.32 Å². The van der Waals surface area contributed by atoms with Gasteiger partial charge in [-0.15, -0.1) is 0 Å². The number of urea groups is 1. The summed E-state index contributed by atoms with van der Waals surface area (Å²) in [5, 5.41) is 6.87. The molecule has 1 heterocycles. The molecule has 0 atom stereocenters. The van der Waals surface area contributed by atoms with Crippen LogP contribution < -0.4 is 16.0 Å². The minimum Gasteiger partial charge on any atom is -0.356 e. The van der Waals surface area contributed by atoms with Gasteiger partial charge in [-0.2, -0.15) is 0 Å². The van der Waals surface area contributed by atoms with E-state index in [4.69, 9.17) is 0 Å². The van der Waals surface area contributed by atoms with Crippen LogP contribution in [0.15, 0.2) is 0 Å². The van der Waals surface area contributed by atoms with Gasteiger partial charge >= 0.3 is 12.1 Å². The van der Waals surface area contributed by atoms with Gasteiger partial charge in [-0.05, 0) is 12.3 Å². The van der Waals surface area contributed by atoms with Crippen LogP contribution in [0.4, 0.5) is 9.59 Å². The number of amides is 4. The highest BCUT2D eigenvalue weighted by Crippen LogP contribution is 1.83. The van der Waals surface area contributed by atoms with Crippen molar-refractivity contribution < 1.29 is 19.1 Å². The van der Waals surface area contributed by atoms with Crippen LogP contribution in [0.25, 0.3) is 0 Å². The van der Waals surface area contributed by atoms with Gasteiger partial charge in [0.1, 0.15) is 6.11 Å². The van der Waals surface area contributed by atoms with Gasteiger partial charge in [-0.3, -0.25) is 10.1 Å². The lowest BCUT2D eigenvalue weighted by atomic mass is 10.3. The molecule has 0 bridgehead atoms. The summed E-state index contributed by atoms with van der Waals surface area (Å²) < 4.78 is 5.18. The van der Waals surface area contributed by atoms with Gasteiger partial charge in [0.15, 0.2) is 0 Å². The van der Waals surface area contributed by atoms with Gasteiger partial charge in [0, 0.05) is 6.54 Å². The van der Waals surface area contributed by atoms with Crippen LogP contribution in [0.2, 0.25) is 0 Å². The Morgan fingerprint density at radius 1 is 1.53 bits per heavy atom. The molecule has 19 heavy (non-hydrogen) atoms. The van der Waals surface area contributed by atoms with E-state index >= 15 is 0 Å². The van der Waals surface area contributed by atoms with Gasteiger partial charge < -0.3 is 15.4 Å². The molecule has 1 aliphatic heterocycles. The highest BCUT2D eigenvalue weighted by atomic mass is 127. The number of alkyl carbamates (subject to hydrolysis) is 1. The zero-order valence-electron chi connectivity index (χ0n) is 10.5. The fourth-order valence-corrected chi connectivity index (χ4v) is 1.04. The molecule has 4 amide bonds. The standard InChI is InChI=1S/C8H12INO2.C3H4N2O2/c1-2-3-6-10-8(11)12-7-4-5-9;6-2-1-4-3(7)5-2/h2-3,5-6H2,1H3,(H,10,11);1H2,(H2,4,5,6,7). The van der Waals surface area contributed by atoms with E-state index in [0.29, 0.717) is 11.0 Å². The zero-order chi connectivity index (χ0) is 14.5. The fourth-order valence-electron chi connectivity index (χ4n) is 0.889. The number of nitrogens with one attached hydrogen (secondary N) is 3. The third-order valence-corrected chi connectivity index (χ3v) is 2.13. The normalized spacial score (nSPS) is 12.1. The summed E-state index contributed by atoms with van der Waals surface area (Å²) in [6, 6.07) is -0.398. The van der Waals surface area contributed by atoms with Gasteiger partial charge in [0.25, 0.3) is 0 Å². The molecule has 0 unspecified atom stereocenters. The first kappa shape index (κ1) is 17.5. The number of unbranched alkanes of at least 4 members (excludes halogenated alkanes) is 1. The molecule has 106 valence electrons. The summed E-state index contributed by atoms with van der Waals surface area (Å²) in [4.78, 5) is 30.8. The summed E-state index contributed by atoms with van der Waals surface area (Å²) >= 11 is 2.08. The Bertz CT molecular complexity index is 362. The zero-order valence-corrected chi connectivity index (χ0v) is 12.7. The second kappa shape index (κ2) is 11.6. The van der Waals surface area contributed by atoms with Crippen molar-refractivity contribution in [3.8, 4) is 12.0 Å². The summed E-state index contributed by atoms with van der Waals surface area (Å²) in [5.74, 6) is 2.36. The smallest absolute Gasteiger partial charge is 0.356 e. The van der Waals surface area contributed by atoms with E-state index in [1.54, 1.807) is 0 Å². The number of alkyl halides is 1. The first-order valence-corrected chi connectivity index (χ1v) is 7.18. The predicted octanol–water partition coefficient (Wildman–Crippen LogP) is 0.734. The van der Waals surface area contributed by atoms with Crippen molar-refractivity contribution in [3.05, 3.63) is 0 Å². The number of imide groups is 1. The van der Waals surface area contributed by atoms with Crippen LogP contribution in [0.5, 0.6) is 0 Å². The van der Waals surface area contributed by atoms with Crippen molar-refractivity contribution in [3.63, 3.8) is 0 Å². The summed E-state index contributed by atoms with van der Waals surface area (Å²) in [6.45, 7) is 2.84. The van der Waals surface area contributed by atoms with Gasteiger partial charge in [0.05, 0.1) is 11.0 Å². The molecule has 7 nitrogen and oxygen atoms in total. The van der Waals surface area contributed by atoms with Crippen molar-refractivity contribution >= 4 is 40.6 Å². The third-order valence-electron chi connectivity index (χ3n) is 1.74. The number of hydrogen-bond donors (Lipinski definition) is 3. The van der Waals surface area contributed by atoms with Gasteiger partial charge in [-0.1, -0.05) is 35.9 Å². The highest BCUT2D eigenvalue weighted by Gasteiger charge is 2.14. The summed E-state index contributed by atoms with van der Waals surface area (Å²) in [5.41, 5.74) is 0. The molecule has 0 aromatic rings. The molecule has 8 heteroatoms. The van der Waals surface area contributed by atoms with Crippen LogP contribution in [0, 0.1) is 12.0 Å². The average Bonchev–Trinajstić information content (AvgIpc) is 2.75. The maximum Gasteiger partial charge on any atom is 0.421 e. The maximum atomic E-state index is 10.8. The summed E-state index contributed by atoms with van der Waals surface area (Å²) in [7, 11) is 0. The molecule has 3 N–H and O–H groups in total. The molecule has 0 saturated carbocycles. The molecule has 0 spiro atoms. The molecule has 0 aliphatic carbocycles. The van der Waals surface area contributed by atoms with Crippen LogP contribution in [0.3, 0.4) is 0 Å². The molecule has 1 rings (SSSR count). The predicted molar refractivity (Wildman–Crippen MR) is 77.6 cm³/mol. The van der Waals surface area contributed by atoms with Crippen molar-refractivity contribution in [2.75, 3.05) is 17.5 Å². The molecule has 0 aromatic carbocycles. The minimum atomic E-state index is -0.458. The van der Waals surface area contributed by atoms with Crippen molar-refractivity contribution in [1.29, 1.82) is 0 Å². The number of carbonyl (C=O) groups is 3. The minimum absolute atomic E-state index is 0.124. The molecule has 0 radical (unpaired) electrons. The molecule has 0 aromatic heterocycles. The lowest BCUT2D eigenvalue weighted by Gasteiger charge is -1.98. The van der Waals surface area contributed by atoms with E-state index in [1.165, 1.54) is 0 Å². The molecular weight excluding hydrogens is 365 g/mol. The first-order valence-electron chi connectivity index (χ1n) is 5.66. The van der Waals surface area contributed by atoms with Crippen LogP contribution in [0.1, 0.15) is 19.8 Å².